The first-order chi connectivity index (χ1) is 14.6. The van der Waals surface area contributed by atoms with Crippen molar-refractivity contribution in [3.8, 4) is 5.75 Å². The number of para-hydroxylation sites is 1. The van der Waals surface area contributed by atoms with Crippen LogP contribution in [-0.4, -0.2) is 88.9 Å². The van der Waals surface area contributed by atoms with E-state index >= 15 is 0 Å². The summed E-state index contributed by atoms with van der Waals surface area (Å²) in [5.74, 6) is 1.80. The maximum absolute atomic E-state index is 5.67. The van der Waals surface area contributed by atoms with Crippen molar-refractivity contribution in [1.29, 1.82) is 0 Å². The molecule has 1 unspecified atom stereocenters. The van der Waals surface area contributed by atoms with Crippen LogP contribution in [0.2, 0.25) is 0 Å². The Morgan fingerprint density at radius 1 is 1.20 bits per heavy atom. The second-order valence-electron chi connectivity index (χ2n) is 8.54. The maximum atomic E-state index is 5.67. The Hall–Kier alpha value is -1.83. The van der Waals surface area contributed by atoms with Crippen molar-refractivity contribution in [2.75, 3.05) is 67.6 Å². The predicted molar refractivity (Wildman–Crippen MR) is 122 cm³/mol. The molecule has 0 spiro atoms. The van der Waals surface area contributed by atoms with Gasteiger partial charge in [0.25, 0.3) is 0 Å². The Morgan fingerprint density at radius 2 is 1.90 bits per heavy atom. The summed E-state index contributed by atoms with van der Waals surface area (Å²) in [6.07, 6.45) is 4.57. The third-order valence-corrected chi connectivity index (χ3v) is 6.72. The fourth-order valence-electron chi connectivity index (χ4n) is 4.63. The molecule has 2 heterocycles. The van der Waals surface area contributed by atoms with Crippen LogP contribution in [0.15, 0.2) is 29.3 Å². The summed E-state index contributed by atoms with van der Waals surface area (Å²) >= 11 is 0. The molecule has 0 radical (unpaired) electrons. The molecular formula is C23H39N5O2. The first-order valence-electron chi connectivity index (χ1n) is 11.2. The van der Waals surface area contributed by atoms with Gasteiger partial charge in [-0.2, -0.15) is 0 Å². The smallest absolute Gasteiger partial charge is 0.191 e. The van der Waals surface area contributed by atoms with E-state index < -0.39 is 0 Å². The molecule has 1 aromatic rings. The Morgan fingerprint density at radius 3 is 2.53 bits per heavy atom. The van der Waals surface area contributed by atoms with E-state index in [9.17, 15) is 0 Å². The second-order valence-corrected chi connectivity index (χ2v) is 8.54. The largest absolute Gasteiger partial charge is 0.496 e. The van der Waals surface area contributed by atoms with Crippen molar-refractivity contribution in [2.45, 2.75) is 37.3 Å². The first-order valence-corrected chi connectivity index (χ1v) is 11.2. The first kappa shape index (κ1) is 22.8. The average Bonchev–Trinajstić information content (AvgIpc) is 3.31. The molecule has 0 saturated carbocycles. The van der Waals surface area contributed by atoms with Gasteiger partial charge in [-0.15, -0.1) is 0 Å². The number of ether oxygens (including phenoxy) is 2. The van der Waals surface area contributed by atoms with E-state index in [1.807, 2.05) is 13.1 Å². The monoisotopic (exact) mass is 417 g/mol. The lowest BCUT2D eigenvalue weighted by molar-refractivity contribution is -0.00502. The van der Waals surface area contributed by atoms with Gasteiger partial charge in [0.2, 0.25) is 0 Å². The molecule has 30 heavy (non-hydrogen) atoms. The van der Waals surface area contributed by atoms with Gasteiger partial charge in [0.15, 0.2) is 5.96 Å². The molecule has 7 heteroatoms. The van der Waals surface area contributed by atoms with Crippen molar-refractivity contribution >= 4 is 5.96 Å². The van der Waals surface area contributed by atoms with Gasteiger partial charge in [-0.25, -0.2) is 0 Å². The Labute approximate surface area is 181 Å². The molecule has 2 fully saturated rings. The molecular weight excluding hydrogens is 378 g/mol. The van der Waals surface area contributed by atoms with Crippen LogP contribution >= 0.6 is 0 Å². The van der Waals surface area contributed by atoms with E-state index in [1.165, 1.54) is 18.4 Å². The summed E-state index contributed by atoms with van der Waals surface area (Å²) in [6.45, 7) is 5.53. The van der Waals surface area contributed by atoms with Gasteiger partial charge in [-0.3, -0.25) is 9.89 Å². The highest BCUT2D eigenvalue weighted by atomic mass is 16.5. The highest BCUT2D eigenvalue weighted by Gasteiger charge is 2.35. The quantitative estimate of drug-likeness (QED) is 0.499. The van der Waals surface area contributed by atoms with E-state index in [4.69, 9.17) is 9.47 Å². The molecule has 7 nitrogen and oxygen atoms in total. The fraction of sp³-hybridized carbons (Fsp3) is 0.696. The average molecular weight is 418 g/mol. The summed E-state index contributed by atoms with van der Waals surface area (Å²) in [5, 5.41) is 7.16. The lowest BCUT2D eigenvalue weighted by Crippen LogP contribution is -2.57. The van der Waals surface area contributed by atoms with Gasteiger partial charge in [0, 0.05) is 44.5 Å². The van der Waals surface area contributed by atoms with Crippen LogP contribution < -0.4 is 15.4 Å². The number of aliphatic imine (C=N–C) groups is 1. The van der Waals surface area contributed by atoms with Gasteiger partial charge < -0.3 is 25.0 Å². The molecule has 2 aliphatic rings. The van der Waals surface area contributed by atoms with Gasteiger partial charge >= 0.3 is 0 Å². The molecule has 0 aliphatic carbocycles. The number of likely N-dealkylation sites (N-methyl/N-ethyl adjacent to an activating group) is 1. The summed E-state index contributed by atoms with van der Waals surface area (Å²) in [5.41, 5.74) is 1.34. The molecule has 0 bridgehead atoms. The number of nitrogens with one attached hydrogen (secondary N) is 2. The minimum atomic E-state index is 0.104. The third kappa shape index (κ3) is 5.45. The highest BCUT2D eigenvalue weighted by molar-refractivity contribution is 5.79. The minimum absolute atomic E-state index is 0.104. The van der Waals surface area contributed by atoms with Crippen molar-refractivity contribution in [3.63, 3.8) is 0 Å². The molecule has 1 aromatic carbocycles. The number of likely N-dealkylation sites (tertiary alicyclic amines) is 1. The van der Waals surface area contributed by atoms with Crippen molar-refractivity contribution in [1.82, 2.24) is 20.4 Å². The van der Waals surface area contributed by atoms with Gasteiger partial charge in [-0.1, -0.05) is 18.2 Å². The molecule has 2 N–H and O–H groups in total. The Balaban J connectivity index is 1.66. The minimum Gasteiger partial charge on any atom is -0.496 e. The molecule has 1 atom stereocenters. The molecule has 2 aliphatic heterocycles. The van der Waals surface area contributed by atoms with Crippen LogP contribution in [0.4, 0.5) is 0 Å². The van der Waals surface area contributed by atoms with Crippen LogP contribution in [0.3, 0.4) is 0 Å². The topological polar surface area (TPSA) is 61.4 Å². The van der Waals surface area contributed by atoms with Crippen molar-refractivity contribution in [2.24, 2.45) is 4.99 Å². The summed E-state index contributed by atoms with van der Waals surface area (Å²) in [4.78, 5) is 9.38. The van der Waals surface area contributed by atoms with Crippen LogP contribution in [0.1, 0.15) is 37.3 Å². The zero-order valence-corrected chi connectivity index (χ0v) is 19.1. The fourth-order valence-corrected chi connectivity index (χ4v) is 4.63. The van der Waals surface area contributed by atoms with E-state index in [-0.39, 0.29) is 11.6 Å². The van der Waals surface area contributed by atoms with Crippen LogP contribution in [0.5, 0.6) is 5.75 Å². The number of hydrogen-bond acceptors (Lipinski definition) is 5. The number of nitrogens with zero attached hydrogens (tertiary/aromatic N) is 3. The zero-order valence-electron chi connectivity index (χ0n) is 19.1. The van der Waals surface area contributed by atoms with Crippen molar-refractivity contribution in [3.05, 3.63) is 29.8 Å². The molecule has 2 saturated heterocycles. The van der Waals surface area contributed by atoms with Crippen LogP contribution in [-0.2, 0) is 4.74 Å². The van der Waals surface area contributed by atoms with Gasteiger partial charge in [0.05, 0.1) is 13.2 Å². The van der Waals surface area contributed by atoms with Gasteiger partial charge in [-0.05, 0) is 58.9 Å². The summed E-state index contributed by atoms with van der Waals surface area (Å²) < 4.78 is 11.3. The standard InChI is InChI=1S/C23H39N5O2/c1-24-22(26-18-23(27(2)3)11-15-30-16-12-23)25-17-20(28-13-7-8-14-28)19-9-5-6-10-21(19)29-4/h5-6,9-10,20H,7-8,11-18H2,1-4H3,(H2,24,25,26). The summed E-state index contributed by atoms with van der Waals surface area (Å²) in [7, 11) is 7.92. The third-order valence-electron chi connectivity index (χ3n) is 6.72. The number of rotatable bonds is 8. The molecule has 3 rings (SSSR count). The maximum Gasteiger partial charge on any atom is 0.191 e. The Bertz CT molecular complexity index is 682. The predicted octanol–water partition coefficient (Wildman–Crippen LogP) is 2.11. The molecule has 0 amide bonds. The number of guanidine groups is 1. The lowest BCUT2D eigenvalue weighted by Gasteiger charge is -2.43. The van der Waals surface area contributed by atoms with Crippen LogP contribution in [0.25, 0.3) is 0 Å². The van der Waals surface area contributed by atoms with E-state index in [1.54, 1.807) is 7.11 Å². The Kier molecular flexibility index (Phi) is 8.36. The van der Waals surface area contributed by atoms with E-state index in [0.717, 1.165) is 63.9 Å². The highest BCUT2D eigenvalue weighted by Crippen LogP contribution is 2.31. The zero-order chi connectivity index (χ0) is 21.4. The lowest BCUT2D eigenvalue weighted by atomic mass is 9.88. The summed E-state index contributed by atoms with van der Waals surface area (Å²) in [6, 6.07) is 8.62. The normalized spacial score (nSPS) is 20.9. The molecule has 0 aromatic heterocycles. The van der Waals surface area contributed by atoms with E-state index in [0.29, 0.717) is 0 Å². The number of hydrogen-bond donors (Lipinski definition) is 2. The van der Waals surface area contributed by atoms with E-state index in [2.05, 4.69) is 57.7 Å². The second kappa shape index (κ2) is 11.0. The SMILES string of the molecule is CN=C(NCC(c1ccccc1OC)N1CCCC1)NCC1(N(C)C)CCOCC1. The van der Waals surface area contributed by atoms with Crippen molar-refractivity contribution < 1.29 is 9.47 Å². The number of benzene rings is 1. The number of methoxy groups -OCH3 is 1. The van der Waals surface area contributed by atoms with Crippen LogP contribution in [0, 0.1) is 0 Å². The molecule has 168 valence electrons. The van der Waals surface area contributed by atoms with Gasteiger partial charge in [0.1, 0.15) is 5.75 Å².